The highest BCUT2D eigenvalue weighted by atomic mass is 32.1. The number of aromatic nitrogens is 2. The number of benzene rings is 1. The van der Waals surface area contributed by atoms with Gasteiger partial charge in [-0.3, -0.25) is 0 Å². The van der Waals surface area contributed by atoms with Crippen LogP contribution in [0.15, 0.2) is 42.6 Å². The highest BCUT2D eigenvalue weighted by Crippen LogP contribution is 2.37. The van der Waals surface area contributed by atoms with Crippen molar-refractivity contribution in [3.8, 4) is 27.4 Å². The van der Waals surface area contributed by atoms with Crippen molar-refractivity contribution in [2.75, 3.05) is 25.6 Å². The molecule has 0 unspecified atom stereocenters. The van der Waals surface area contributed by atoms with Crippen molar-refractivity contribution in [3.05, 3.63) is 63.7 Å². The number of rotatable bonds is 11. The first-order valence-electron chi connectivity index (χ1n) is 11.7. The van der Waals surface area contributed by atoms with Crippen LogP contribution in [0.4, 0.5) is 15.3 Å². The van der Waals surface area contributed by atoms with E-state index in [9.17, 15) is 14.3 Å². The molecule has 37 heavy (non-hydrogen) atoms. The summed E-state index contributed by atoms with van der Waals surface area (Å²) < 4.78 is 25.1. The fraction of sp³-hybridized carbons (Fsp3) is 0.296. The zero-order valence-electron chi connectivity index (χ0n) is 21.0. The number of ether oxygens (including phenoxy) is 2. The Bertz CT molecular complexity index is 1400. The molecule has 0 atom stereocenters. The molecule has 0 saturated carbocycles. The van der Waals surface area contributed by atoms with Crippen molar-refractivity contribution >= 4 is 39.6 Å². The van der Waals surface area contributed by atoms with E-state index in [-0.39, 0.29) is 23.7 Å². The summed E-state index contributed by atoms with van der Waals surface area (Å²) in [7, 11) is 1.56. The van der Waals surface area contributed by atoms with Crippen LogP contribution in [0.5, 0.6) is 5.75 Å². The van der Waals surface area contributed by atoms with Gasteiger partial charge in [0.2, 0.25) is 0 Å². The Morgan fingerprint density at radius 2 is 1.95 bits per heavy atom. The van der Waals surface area contributed by atoms with Gasteiger partial charge in [-0.05, 0) is 55.7 Å². The van der Waals surface area contributed by atoms with Crippen molar-refractivity contribution in [2.24, 2.45) is 5.92 Å². The predicted octanol–water partition coefficient (Wildman–Crippen LogP) is 7.05. The summed E-state index contributed by atoms with van der Waals surface area (Å²) >= 11 is 2.98. The molecular weight excluding hydrogens is 513 g/mol. The number of carboxylic acid groups (broad SMARTS) is 1. The number of pyridine rings is 1. The van der Waals surface area contributed by atoms with Gasteiger partial charge in [-0.25, -0.2) is 19.2 Å². The normalized spacial score (nSPS) is 11.2. The Morgan fingerprint density at radius 1 is 1.14 bits per heavy atom. The smallest absolute Gasteiger partial charge is 0.339 e. The number of carbonyl (C=O) groups is 1. The number of hydrogen-bond acceptors (Lipinski definition) is 8. The number of hydrogen-bond donors (Lipinski definition) is 2. The van der Waals surface area contributed by atoms with Crippen molar-refractivity contribution in [1.82, 2.24) is 9.97 Å². The maximum Gasteiger partial charge on any atom is 0.339 e. The Morgan fingerprint density at radius 3 is 2.59 bits per heavy atom. The molecule has 10 heteroatoms. The number of nitrogens with zero attached hydrogens (tertiary/aromatic N) is 2. The van der Waals surface area contributed by atoms with Gasteiger partial charge in [0.25, 0.3) is 0 Å². The van der Waals surface area contributed by atoms with Crippen LogP contribution in [0.1, 0.15) is 34.0 Å². The van der Waals surface area contributed by atoms with E-state index in [0.29, 0.717) is 28.9 Å². The Labute approximate surface area is 223 Å². The summed E-state index contributed by atoms with van der Waals surface area (Å²) in [5.41, 5.74) is 2.05. The quantitative estimate of drug-likeness (QED) is 0.197. The molecule has 2 N–H and O–H groups in total. The number of nitrogens with one attached hydrogen (secondary N) is 1. The Hall–Kier alpha value is -3.34. The van der Waals surface area contributed by atoms with E-state index in [1.165, 1.54) is 17.4 Å². The standard InChI is InChI=1S/C27H28FN3O4S2/c1-15(2)11-23-24(17-6-7-21(20(28)13-17)35-10-9-34-4)30-27(37-23)31-25-19(26(32)33)12-18(14-29-25)22-8-5-16(3)36-22/h5-8,12-15H,9-11H2,1-4H3,(H,32,33)(H,29,30,31). The zero-order chi connectivity index (χ0) is 26.5. The van der Waals surface area contributed by atoms with Crippen LogP contribution in [0.3, 0.4) is 0 Å². The minimum absolute atomic E-state index is 0.0503. The second-order valence-electron chi connectivity index (χ2n) is 8.84. The first-order valence-corrected chi connectivity index (χ1v) is 13.4. The van der Waals surface area contributed by atoms with Gasteiger partial charge in [0.05, 0.1) is 12.3 Å². The minimum atomic E-state index is -1.09. The van der Waals surface area contributed by atoms with E-state index in [4.69, 9.17) is 14.5 Å². The average molecular weight is 542 g/mol. The fourth-order valence-electron chi connectivity index (χ4n) is 3.69. The van der Waals surface area contributed by atoms with Gasteiger partial charge < -0.3 is 19.9 Å². The average Bonchev–Trinajstić information content (AvgIpc) is 3.46. The monoisotopic (exact) mass is 541 g/mol. The van der Waals surface area contributed by atoms with E-state index in [0.717, 1.165) is 26.6 Å². The van der Waals surface area contributed by atoms with Crippen molar-refractivity contribution in [1.29, 1.82) is 0 Å². The minimum Gasteiger partial charge on any atom is -0.488 e. The highest BCUT2D eigenvalue weighted by Gasteiger charge is 2.20. The molecule has 0 spiro atoms. The Balaban J connectivity index is 1.65. The summed E-state index contributed by atoms with van der Waals surface area (Å²) in [5.74, 6) is -0.879. The zero-order valence-corrected chi connectivity index (χ0v) is 22.6. The largest absolute Gasteiger partial charge is 0.488 e. The molecule has 0 fully saturated rings. The summed E-state index contributed by atoms with van der Waals surface area (Å²) in [6.07, 6.45) is 2.39. The third-order valence-electron chi connectivity index (χ3n) is 5.41. The third kappa shape index (κ3) is 6.51. The van der Waals surface area contributed by atoms with Crippen molar-refractivity contribution in [3.63, 3.8) is 0 Å². The third-order valence-corrected chi connectivity index (χ3v) is 7.45. The number of thiophene rings is 1. The van der Waals surface area contributed by atoms with Crippen LogP contribution in [0.25, 0.3) is 21.7 Å². The predicted molar refractivity (Wildman–Crippen MR) is 146 cm³/mol. The Kier molecular flexibility index (Phi) is 8.52. The fourth-order valence-corrected chi connectivity index (χ4v) is 5.74. The van der Waals surface area contributed by atoms with Crippen molar-refractivity contribution in [2.45, 2.75) is 27.2 Å². The number of anilines is 2. The number of halogens is 1. The maximum absolute atomic E-state index is 14.8. The van der Waals surface area contributed by atoms with E-state index in [1.54, 1.807) is 42.8 Å². The van der Waals surface area contributed by atoms with Gasteiger partial charge in [0, 0.05) is 39.1 Å². The lowest BCUT2D eigenvalue weighted by Gasteiger charge is -2.09. The van der Waals surface area contributed by atoms with Gasteiger partial charge in [-0.15, -0.1) is 22.7 Å². The number of methoxy groups -OCH3 is 1. The molecule has 194 valence electrons. The van der Waals surface area contributed by atoms with Crippen LogP contribution in [0.2, 0.25) is 0 Å². The maximum atomic E-state index is 14.8. The molecule has 0 saturated heterocycles. The lowest BCUT2D eigenvalue weighted by molar-refractivity contribution is 0.0697. The molecule has 3 heterocycles. The molecule has 0 aliphatic carbocycles. The number of aromatic carboxylic acids is 1. The summed E-state index contributed by atoms with van der Waals surface area (Å²) in [6.45, 7) is 6.80. The van der Waals surface area contributed by atoms with Gasteiger partial charge >= 0.3 is 5.97 Å². The van der Waals surface area contributed by atoms with E-state index >= 15 is 0 Å². The highest BCUT2D eigenvalue weighted by molar-refractivity contribution is 7.16. The van der Waals surface area contributed by atoms with E-state index < -0.39 is 11.8 Å². The molecule has 0 amide bonds. The second kappa shape index (κ2) is 11.8. The molecule has 7 nitrogen and oxygen atoms in total. The number of carboxylic acids is 1. The van der Waals surface area contributed by atoms with Crippen molar-refractivity contribution < 1.29 is 23.8 Å². The first-order chi connectivity index (χ1) is 17.7. The molecule has 0 bridgehead atoms. The van der Waals surface area contributed by atoms with Crippen LogP contribution in [-0.4, -0.2) is 41.4 Å². The van der Waals surface area contributed by atoms with Gasteiger partial charge in [0.15, 0.2) is 16.7 Å². The molecule has 4 rings (SSSR count). The van der Waals surface area contributed by atoms with Crippen LogP contribution >= 0.6 is 22.7 Å². The lowest BCUT2D eigenvalue weighted by Crippen LogP contribution is -2.05. The van der Waals surface area contributed by atoms with Crippen LogP contribution in [0, 0.1) is 18.7 Å². The molecular formula is C27H28FN3O4S2. The summed E-state index contributed by atoms with van der Waals surface area (Å²) in [6, 6.07) is 10.3. The van der Waals surface area contributed by atoms with Crippen LogP contribution in [-0.2, 0) is 11.2 Å². The number of thiazole rings is 1. The molecule has 0 aliphatic rings. The van der Waals surface area contributed by atoms with Gasteiger partial charge in [0.1, 0.15) is 18.0 Å². The SMILES string of the molecule is COCCOc1ccc(-c2nc(Nc3ncc(-c4ccc(C)s4)cc3C(=O)O)sc2CC(C)C)cc1F. The first kappa shape index (κ1) is 26.7. The van der Waals surface area contributed by atoms with Gasteiger partial charge in [-0.2, -0.15) is 0 Å². The number of aryl methyl sites for hydroxylation is 1. The molecule has 4 aromatic rings. The topological polar surface area (TPSA) is 93.6 Å². The van der Waals surface area contributed by atoms with E-state index in [2.05, 4.69) is 24.1 Å². The summed E-state index contributed by atoms with van der Waals surface area (Å²) in [5, 5.41) is 13.4. The lowest BCUT2D eigenvalue weighted by atomic mass is 10.0. The molecule has 0 radical (unpaired) electrons. The molecule has 0 aliphatic heterocycles. The van der Waals surface area contributed by atoms with E-state index in [1.807, 2.05) is 19.1 Å². The van der Waals surface area contributed by atoms with Crippen LogP contribution < -0.4 is 10.1 Å². The second-order valence-corrected chi connectivity index (χ2v) is 11.2. The molecule has 3 aromatic heterocycles. The van der Waals surface area contributed by atoms with Gasteiger partial charge in [-0.1, -0.05) is 13.8 Å². The molecule has 1 aromatic carbocycles. The summed E-state index contributed by atoms with van der Waals surface area (Å²) in [4.78, 5) is 24.2.